The molecule has 2 heterocycles. The average Bonchev–Trinajstić information content (AvgIpc) is 4.16. The van der Waals surface area contributed by atoms with Crippen molar-refractivity contribution >= 4 is 45.9 Å². The molecule has 0 N–H and O–H groups in total. The van der Waals surface area contributed by atoms with Crippen LogP contribution in [0.4, 0.5) is 0 Å². The van der Waals surface area contributed by atoms with Crippen LogP contribution in [0.3, 0.4) is 0 Å². The van der Waals surface area contributed by atoms with Gasteiger partial charge in [-0.3, -0.25) is 28.2 Å². The Balaban J connectivity index is 0.000000161. The molecule has 10 unspecified atom stereocenters. The lowest BCUT2D eigenvalue weighted by Crippen LogP contribution is -2.58. The van der Waals surface area contributed by atoms with E-state index < -0.39 is 57.0 Å². The standard InChI is InChI=1S/C17H28O2.C15H22O7S.C14H20O4.C10H20O2/c1-5-16(2,3)15(18)19-17(4)13-7-11-6-12(9-13)10-14(17)8-11;1-4-15(2,3)14(17)20-7-11(16)21-12-8-5-9-10(6-8)23(18,19)22-13(9)12;1-4-14(2,3)13(16)18-10-7-5-8-9(6-7)12(15)17-11(8)10;1-5-7-8-12-9(11)10(3,4)6-2/h11-14H,5-10H2,1-4H3;8-10,12-13H,4-7H2,1-3H3;7-11H,4-6H2,1-3H3;5-8H2,1-4H3. The van der Waals surface area contributed by atoms with Crippen molar-refractivity contribution in [3.8, 4) is 0 Å². The average molecular weight is 1040 g/mol. The number of hydrogen-bond donors (Lipinski definition) is 0. The van der Waals surface area contributed by atoms with Crippen LogP contribution >= 0.6 is 0 Å². The monoisotopic (exact) mass is 1030 g/mol. The van der Waals surface area contributed by atoms with Crippen LogP contribution in [0.15, 0.2) is 0 Å². The number of carbonyl (C=O) groups excluding carboxylic acids is 6. The number of fused-ring (bicyclic) bond motifs is 2. The van der Waals surface area contributed by atoms with Crippen LogP contribution in [0, 0.1) is 74.9 Å². The Bertz CT molecular complexity index is 2080. The first kappa shape index (κ1) is 58.0. The van der Waals surface area contributed by atoms with E-state index in [1.54, 1.807) is 13.8 Å². The van der Waals surface area contributed by atoms with Gasteiger partial charge < -0.3 is 28.4 Å². The number of carbonyl (C=O) groups is 6. The predicted octanol–water partition coefficient (Wildman–Crippen LogP) is 9.88. The van der Waals surface area contributed by atoms with Crippen LogP contribution in [-0.2, 0) is 71.5 Å². The van der Waals surface area contributed by atoms with Gasteiger partial charge in [-0.2, -0.15) is 8.42 Å². The smallest absolute Gasteiger partial charge is 0.344 e. The quantitative estimate of drug-likeness (QED) is 0.0611. The van der Waals surface area contributed by atoms with Crippen LogP contribution in [0.5, 0.6) is 0 Å². The Kier molecular flexibility index (Phi) is 17.8. The normalized spacial score (nSPS) is 35.7. The summed E-state index contributed by atoms with van der Waals surface area (Å²) in [5.74, 6) is 2.32. The van der Waals surface area contributed by atoms with E-state index in [0.29, 0.717) is 49.5 Å². The first-order valence-electron chi connectivity index (χ1n) is 27.6. The van der Waals surface area contributed by atoms with Crippen molar-refractivity contribution in [1.82, 2.24) is 0 Å². The Labute approximate surface area is 430 Å². The molecule has 8 bridgehead atoms. The third-order valence-corrected chi connectivity index (χ3v) is 21.0. The summed E-state index contributed by atoms with van der Waals surface area (Å²) in [6.45, 7) is 27.5. The van der Waals surface area contributed by atoms with Crippen LogP contribution in [-0.4, -0.2) is 92.7 Å². The molecule has 0 aromatic carbocycles. The molecule has 2 aliphatic heterocycles. The van der Waals surface area contributed by atoms with E-state index in [1.165, 1.54) is 32.1 Å². The summed E-state index contributed by atoms with van der Waals surface area (Å²) < 4.78 is 61.4. The van der Waals surface area contributed by atoms with Gasteiger partial charge in [0.15, 0.2) is 6.61 Å². The second-order valence-corrected chi connectivity index (χ2v) is 27.4. The number of hydrogen-bond acceptors (Lipinski definition) is 15. The number of esters is 6. The van der Waals surface area contributed by atoms with E-state index in [2.05, 4.69) is 20.8 Å². The summed E-state index contributed by atoms with van der Waals surface area (Å²) in [6, 6.07) is 0. The third kappa shape index (κ3) is 12.0. The molecule has 0 radical (unpaired) electrons. The fourth-order valence-electron chi connectivity index (χ4n) is 12.6. The topological polar surface area (TPSA) is 201 Å². The summed E-state index contributed by atoms with van der Waals surface area (Å²) in [4.78, 5) is 71.3. The van der Waals surface area contributed by atoms with E-state index in [4.69, 9.17) is 32.6 Å². The first-order valence-corrected chi connectivity index (χ1v) is 29.1. The molecule has 0 amide bonds. The lowest BCUT2D eigenvalue weighted by atomic mass is 9.50. The Morgan fingerprint density at radius 2 is 1.08 bits per heavy atom. The molecule has 72 heavy (non-hydrogen) atoms. The third-order valence-electron chi connectivity index (χ3n) is 19.2. The summed E-state index contributed by atoms with van der Waals surface area (Å²) in [5.41, 5.74) is -1.92. The van der Waals surface area contributed by atoms with Gasteiger partial charge in [-0.05, 0) is 176 Å². The van der Waals surface area contributed by atoms with E-state index in [9.17, 15) is 37.2 Å². The molecular weight excluding hydrogens is 945 g/mol. The molecule has 2 saturated heterocycles. The summed E-state index contributed by atoms with van der Waals surface area (Å²) in [5, 5.41) is -0.448. The predicted molar refractivity (Wildman–Crippen MR) is 268 cm³/mol. The van der Waals surface area contributed by atoms with E-state index in [-0.39, 0.29) is 70.3 Å². The van der Waals surface area contributed by atoms with Gasteiger partial charge >= 0.3 is 35.8 Å². The number of rotatable bonds is 16. The molecule has 0 aromatic rings. The van der Waals surface area contributed by atoms with Crippen LogP contribution < -0.4 is 0 Å². The minimum atomic E-state index is -3.53. The lowest BCUT2D eigenvalue weighted by Gasteiger charge is -2.59. The Morgan fingerprint density at radius 3 is 1.62 bits per heavy atom. The lowest BCUT2D eigenvalue weighted by molar-refractivity contribution is -0.211. The van der Waals surface area contributed by atoms with Gasteiger partial charge in [0.2, 0.25) is 0 Å². The molecule has 10 aliphatic rings. The fourth-order valence-corrected chi connectivity index (χ4v) is 14.5. The number of unbranched alkanes of at least 4 members (excludes halogenated alkanes) is 1. The van der Waals surface area contributed by atoms with Gasteiger partial charge in [-0.15, -0.1) is 0 Å². The molecule has 8 saturated carbocycles. The highest BCUT2D eigenvalue weighted by Crippen LogP contribution is 2.60. The van der Waals surface area contributed by atoms with E-state index in [0.717, 1.165) is 56.8 Å². The summed E-state index contributed by atoms with van der Waals surface area (Å²) in [7, 11) is -3.53. The molecule has 0 aromatic heterocycles. The minimum absolute atomic E-state index is 0.0130. The zero-order valence-corrected chi connectivity index (χ0v) is 47.0. The summed E-state index contributed by atoms with van der Waals surface area (Å²) in [6.07, 6.45) is 13.2. The minimum Gasteiger partial charge on any atom is -0.465 e. The first-order chi connectivity index (χ1) is 33.5. The van der Waals surface area contributed by atoms with Crippen molar-refractivity contribution in [2.24, 2.45) is 74.9 Å². The molecule has 8 aliphatic carbocycles. The van der Waals surface area contributed by atoms with Gasteiger partial charge in [0.05, 0.1) is 39.4 Å². The highest BCUT2D eigenvalue weighted by molar-refractivity contribution is 7.87. The molecule has 0 spiro atoms. The van der Waals surface area contributed by atoms with Gasteiger partial charge in [-0.25, -0.2) is 4.79 Å². The maximum Gasteiger partial charge on any atom is 0.344 e. The van der Waals surface area contributed by atoms with Crippen molar-refractivity contribution < 1.29 is 69.8 Å². The van der Waals surface area contributed by atoms with E-state index >= 15 is 0 Å². The van der Waals surface area contributed by atoms with Crippen LogP contribution in [0.25, 0.3) is 0 Å². The highest BCUT2D eigenvalue weighted by atomic mass is 32.2. The molecule has 10 rings (SSSR count). The van der Waals surface area contributed by atoms with Crippen molar-refractivity contribution in [3.63, 3.8) is 0 Å². The number of ether oxygens (including phenoxy) is 6. The largest absolute Gasteiger partial charge is 0.465 e. The maximum atomic E-state index is 12.5. The van der Waals surface area contributed by atoms with Gasteiger partial charge in [-0.1, -0.05) is 41.0 Å². The van der Waals surface area contributed by atoms with Gasteiger partial charge in [0.1, 0.15) is 30.0 Å². The highest BCUT2D eigenvalue weighted by Gasteiger charge is 2.66. The molecular formula is C56H90O15S. The molecule has 10 atom stereocenters. The Morgan fingerprint density at radius 1 is 0.597 bits per heavy atom. The van der Waals surface area contributed by atoms with Gasteiger partial charge in [0.25, 0.3) is 10.1 Å². The van der Waals surface area contributed by atoms with Crippen LogP contribution in [0.1, 0.15) is 193 Å². The second kappa shape index (κ2) is 22.1. The van der Waals surface area contributed by atoms with Crippen molar-refractivity contribution in [1.29, 1.82) is 0 Å². The fraction of sp³-hybridized carbons (Fsp3) is 0.893. The molecule has 15 nitrogen and oxygen atoms in total. The Hall–Kier alpha value is -3.27. The summed E-state index contributed by atoms with van der Waals surface area (Å²) >= 11 is 0. The van der Waals surface area contributed by atoms with E-state index in [1.807, 2.05) is 62.3 Å². The second-order valence-electron chi connectivity index (χ2n) is 25.6. The zero-order valence-electron chi connectivity index (χ0n) is 46.1. The molecule has 16 heteroatoms. The maximum absolute atomic E-state index is 12.5. The van der Waals surface area contributed by atoms with Crippen molar-refractivity contribution in [2.45, 2.75) is 229 Å². The van der Waals surface area contributed by atoms with Gasteiger partial charge in [0, 0.05) is 23.7 Å². The van der Waals surface area contributed by atoms with Crippen molar-refractivity contribution in [2.75, 3.05) is 13.2 Å². The zero-order chi connectivity index (χ0) is 53.5. The molecule has 410 valence electrons. The SMILES string of the molecule is CCC(C)(C)C(=O)OC1(C)C2CC3CC(C2)CC1C3.CCC(C)(C)C(=O)OC1C2CC3C(=O)OC1C3C2.CCC(C)(C)C(=O)OCC(=O)OC1C2CC3C1OS(=O)(=O)C3C2.CCCCOC(=O)C(C)(C)CC. The molecule has 10 fully saturated rings. The van der Waals surface area contributed by atoms with Crippen molar-refractivity contribution in [3.05, 3.63) is 0 Å². The van der Waals surface area contributed by atoms with Crippen LogP contribution in [0.2, 0.25) is 0 Å².